The van der Waals surface area contributed by atoms with Crippen LogP contribution in [0.1, 0.15) is 12.8 Å². The molecule has 0 spiro atoms. The SMILES string of the molecule is CO[C@H](CS(C)(=O)=O)[C@@H]1CCCN1. The van der Waals surface area contributed by atoms with Crippen LogP contribution in [0.3, 0.4) is 0 Å². The number of ether oxygens (including phenoxy) is 1. The van der Waals surface area contributed by atoms with Gasteiger partial charge in [0.15, 0.2) is 0 Å². The molecular weight excluding hydrogens is 190 g/mol. The van der Waals surface area contributed by atoms with Crippen molar-refractivity contribution in [3.05, 3.63) is 0 Å². The predicted octanol–water partition coefficient (Wildman–Crippen LogP) is -0.202. The lowest BCUT2D eigenvalue weighted by Gasteiger charge is -2.21. The summed E-state index contributed by atoms with van der Waals surface area (Å²) in [5.41, 5.74) is 0. The van der Waals surface area contributed by atoms with Gasteiger partial charge in [0.1, 0.15) is 9.84 Å². The second-order valence-electron chi connectivity index (χ2n) is 3.57. The first-order chi connectivity index (χ1) is 6.03. The Morgan fingerprint density at radius 2 is 2.31 bits per heavy atom. The summed E-state index contributed by atoms with van der Waals surface area (Å²) >= 11 is 0. The zero-order valence-electron chi connectivity index (χ0n) is 8.12. The van der Waals surface area contributed by atoms with Crippen molar-refractivity contribution in [1.82, 2.24) is 5.32 Å². The lowest BCUT2D eigenvalue weighted by atomic mass is 10.1. The maximum Gasteiger partial charge on any atom is 0.150 e. The second kappa shape index (κ2) is 4.39. The fourth-order valence-electron chi connectivity index (χ4n) is 1.68. The molecule has 0 unspecified atom stereocenters. The molecule has 1 aliphatic rings. The number of hydrogen-bond donors (Lipinski definition) is 1. The molecule has 0 aliphatic carbocycles. The lowest BCUT2D eigenvalue weighted by molar-refractivity contribution is 0.0918. The van der Waals surface area contributed by atoms with Gasteiger partial charge in [-0.15, -0.1) is 0 Å². The van der Waals surface area contributed by atoms with Crippen LogP contribution < -0.4 is 5.32 Å². The Hall–Kier alpha value is -0.130. The molecule has 4 nitrogen and oxygen atoms in total. The molecule has 0 aromatic carbocycles. The predicted molar refractivity (Wildman–Crippen MR) is 51.5 cm³/mol. The summed E-state index contributed by atoms with van der Waals surface area (Å²) in [6.45, 7) is 0.967. The maximum absolute atomic E-state index is 11.0. The molecule has 5 heteroatoms. The van der Waals surface area contributed by atoms with E-state index in [1.54, 1.807) is 7.11 Å². The summed E-state index contributed by atoms with van der Waals surface area (Å²) in [4.78, 5) is 0. The van der Waals surface area contributed by atoms with Gasteiger partial charge in [0.25, 0.3) is 0 Å². The third-order valence-corrected chi connectivity index (χ3v) is 3.25. The first-order valence-electron chi connectivity index (χ1n) is 4.47. The summed E-state index contributed by atoms with van der Waals surface area (Å²) in [6.07, 6.45) is 3.16. The molecule has 0 radical (unpaired) electrons. The normalized spacial score (nSPS) is 26.2. The number of nitrogens with one attached hydrogen (secondary N) is 1. The van der Waals surface area contributed by atoms with E-state index in [2.05, 4.69) is 5.32 Å². The van der Waals surface area contributed by atoms with E-state index in [9.17, 15) is 8.42 Å². The largest absolute Gasteiger partial charge is 0.379 e. The summed E-state index contributed by atoms with van der Waals surface area (Å²) in [7, 11) is -1.37. The molecule has 0 saturated carbocycles. The summed E-state index contributed by atoms with van der Waals surface area (Å²) in [5.74, 6) is 0.112. The van der Waals surface area contributed by atoms with Crippen molar-refractivity contribution in [2.75, 3.05) is 25.7 Å². The minimum absolute atomic E-state index is 0.112. The van der Waals surface area contributed by atoms with E-state index in [1.165, 1.54) is 6.26 Å². The van der Waals surface area contributed by atoms with Crippen molar-refractivity contribution in [3.63, 3.8) is 0 Å². The van der Waals surface area contributed by atoms with Crippen molar-refractivity contribution >= 4 is 9.84 Å². The average molecular weight is 207 g/mol. The number of rotatable bonds is 4. The molecular formula is C8H17NO3S. The van der Waals surface area contributed by atoms with E-state index in [1.807, 2.05) is 0 Å². The highest BCUT2D eigenvalue weighted by Gasteiger charge is 2.27. The average Bonchev–Trinajstić information content (AvgIpc) is 2.50. The molecule has 0 bridgehead atoms. The Labute approximate surface area is 79.6 Å². The van der Waals surface area contributed by atoms with Gasteiger partial charge in [-0.25, -0.2) is 8.42 Å². The van der Waals surface area contributed by atoms with Crippen LogP contribution in [-0.4, -0.2) is 46.2 Å². The van der Waals surface area contributed by atoms with E-state index >= 15 is 0 Å². The Morgan fingerprint density at radius 3 is 2.69 bits per heavy atom. The Balaban J connectivity index is 2.51. The van der Waals surface area contributed by atoms with Gasteiger partial charge >= 0.3 is 0 Å². The first-order valence-corrected chi connectivity index (χ1v) is 6.53. The molecule has 1 aliphatic heterocycles. The van der Waals surface area contributed by atoms with Gasteiger partial charge in [0.05, 0.1) is 11.9 Å². The summed E-state index contributed by atoms with van der Waals surface area (Å²) in [6, 6.07) is 0.208. The molecule has 1 fully saturated rings. The van der Waals surface area contributed by atoms with Gasteiger partial charge < -0.3 is 10.1 Å². The fourth-order valence-corrected chi connectivity index (χ4v) is 2.64. The maximum atomic E-state index is 11.0. The topological polar surface area (TPSA) is 55.4 Å². The van der Waals surface area contributed by atoms with E-state index in [4.69, 9.17) is 4.74 Å². The van der Waals surface area contributed by atoms with Gasteiger partial charge in [0.2, 0.25) is 0 Å². The quantitative estimate of drug-likeness (QED) is 0.693. The molecule has 13 heavy (non-hydrogen) atoms. The highest BCUT2D eigenvalue weighted by atomic mass is 32.2. The van der Waals surface area contributed by atoms with Crippen molar-refractivity contribution in [3.8, 4) is 0 Å². The molecule has 1 saturated heterocycles. The van der Waals surface area contributed by atoms with Gasteiger partial charge in [-0.05, 0) is 19.4 Å². The Bertz CT molecular complexity index is 244. The van der Waals surface area contributed by atoms with Crippen molar-refractivity contribution < 1.29 is 13.2 Å². The zero-order chi connectivity index (χ0) is 9.90. The third kappa shape index (κ3) is 3.62. The molecule has 0 aromatic heterocycles. The van der Waals surface area contributed by atoms with Crippen LogP contribution >= 0.6 is 0 Å². The zero-order valence-corrected chi connectivity index (χ0v) is 8.93. The van der Waals surface area contributed by atoms with E-state index in [-0.39, 0.29) is 17.9 Å². The van der Waals surface area contributed by atoms with Crippen LogP contribution in [-0.2, 0) is 14.6 Å². The lowest BCUT2D eigenvalue weighted by Crippen LogP contribution is -2.40. The molecule has 0 amide bonds. The molecule has 1 N–H and O–H groups in total. The van der Waals surface area contributed by atoms with E-state index < -0.39 is 9.84 Å². The standard InChI is InChI=1S/C8H17NO3S/c1-12-8(6-13(2,10)11)7-4-3-5-9-7/h7-9H,3-6H2,1-2H3/t7-,8+/m0/s1. The van der Waals surface area contributed by atoms with Crippen LogP contribution in [0.15, 0.2) is 0 Å². The van der Waals surface area contributed by atoms with E-state index in [0.717, 1.165) is 19.4 Å². The van der Waals surface area contributed by atoms with Gasteiger partial charge in [0, 0.05) is 19.4 Å². The molecule has 78 valence electrons. The van der Waals surface area contributed by atoms with Crippen molar-refractivity contribution in [1.29, 1.82) is 0 Å². The van der Waals surface area contributed by atoms with Crippen LogP contribution in [0.25, 0.3) is 0 Å². The monoisotopic (exact) mass is 207 g/mol. The van der Waals surface area contributed by atoms with Crippen molar-refractivity contribution in [2.24, 2.45) is 0 Å². The van der Waals surface area contributed by atoms with Crippen molar-refractivity contribution in [2.45, 2.75) is 25.0 Å². The number of hydrogen-bond acceptors (Lipinski definition) is 4. The molecule has 1 rings (SSSR count). The minimum Gasteiger partial charge on any atom is -0.379 e. The summed E-state index contributed by atoms with van der Waals surface area (Å²) < 4.78 is 27.3. The third-order valence-electron chi connectivity index (χ3n) is 2.32. The first kappa shape index (κ1) is 10.9. The summed E-state index contributed by atoms with van der Waals surface area (Å²) in [5, 5.41) is 3.24. The smallest absolute Gasteiger partial charge is 0.150 e. The minimum atomic E-state index is -2.94. The van der Waals surface area contributed by atoms with Crippen LogP contribution in [0, 0.1) is 0 Å². The van der Waals surface area contributed by atoms with Gasteiger partial charge in [-0.2, -0.15) is 0 Å². The molecule has 2 atom stereocenters. The Kier molecular flexibility index (Phi) is 3.70. The van der Waals surface area contributed by atoms with Crippen LogP contribution in [0.5, 0.6) is 0 Å². The Morgan fingerprint density at radius 1 is 1.62 bits per heavy atom. The number of methoxy groups -OCH3 is 1. The van der Waals surface area contributed by atoms with Gasteiger partial charge in [-0.1, -0.05) is 0 Å². The molecule has 0 aromatic rings. The van der Waals surface area contributed by atoms with Crippen LogP contribution in [0.2, 0.25) is 0 Å². The fraction of sp³-hybridized carbons (Fsp3) is 1.00. The van der Waals surface area contributed by atoms with E-state index in [0.29, 0.717) is 0 Å². The second-order valence-corrected chi connectivity index (χ2v) is 5.75. The van der Waals surface area contributed by atoms with Gasteiger partial charge in [-0.3, -0.25) is 0 Å². The molecule has 1 heterocycles. The highest BCUT2D eigenvalue weighted by Crippen LogP contribution is 2.12. The van der Waals surface area contributed by atoms with Crippen LogP contribution in [0.4, 0.5) is 0 Å². The highest BCUT2D eigenvalue weighted by molar-refractivity contribution is 7.90. The number of sulfone groups is 1.